The summed E-state index contributed by atoms with van der Waals surface area (Å²) >= 11 is 3.21. The van der Waals surface area contributed by atoms with E-state index >= 15 is 0 Å². The number of nitrogens with two attached hydrogens (primary N) is 1. The summed E-state index contributed by atoms with van der Waals surface area (Å²) < 4.78 is 26.4. The van der Waals surface area contributed by atoms with Gasteiger partial charge in [0.15, 0.2) is 0 Å². The molecule has 0 aliphatic carbocycles. The van der Waals surface area contributed by atoms with Crippen LogP contribution in [0.2, 0.25) is 0 Å². The van der Waals surface area contributed by atoms with E-state index in [1.807, 2.05) is 0 Å². The van der Waals surface area contributed by atoms with Gasteiger partial charge in [-0.15, -0.1) is 6.58 Å². The Balaban J connectivity index is 3.25. The molecule has 0 spiro atoms. The van der Waals surface area contributed by atoms with Gasteiger partial charge >= 0.3 is 0 Å². The van der Waals surface area contributed by atoms with Crippen LogP contribution in [0.15, 0.2) is 40.2 Å². The second-order valence-corrected chi connectivity index (χ2v) is 6.38. The smallest absolute Gasteiger partial charge is 0.245 e. The lowest BCUT2D eigenvalue weighted by atomic mass is 10.3. The molecule has 0 saturated carbocycles. The van der Waals surface area contributed by atoms with Crippen LogP contribution in [0.3, 0.4) is 0 Å². The van der Waals surface area contributed by atoms with Crippen LogP contribution in [0, 0.1) is 0 Å². The predicted octanol–water partition coefficient (Wildman–Crippen LogP) is 1.20. The Morgan fingerprint density at radius 3 is 2.72 bits per heavy atom. The number of sulfonamides is 1. The Morgan fingerprint density at radius 2 is 2.17 bits per heavy atom. The lowest BCUT2D eigenvalue weighted by molar-refractivity contribution is 0.260. The highest BCUT2D eigenvalue weighted by Crippen LogP contribution is 2.25. The van der Waals surface area contributed by atoms with Gasteiger partial charge in [0.2, 0.25) is 10.0 Å². The SMILES string of the molecule is C=CCN(CCO)S(=O)(=O)c1cc(Br)ccc1N. The molecule has 0 bridgehead atoms. The van der Waals surface area contributed by atoms with Gasteiger partial charge in [-0.25, -0.2) is 8.42 Å². The zero-order valence-electron chi connectivity index (χ0n) is 9.71. The molecule has 18 heavy (non-hydrogen) atoms. The summed E-state index contributed by atoms with van der Waals surface area (Å²) in [5, 5.41) is 8.92. The van der Waals surface area contributed by atoms with E-state index in [-0.39, 0.29) is 30.3 Å². The van der Waals surface area contributed by atoms with Gasteiger partial charge < -0.3 is 10.8 Å². The lowest BCUT2D eigenvalue weighted by Crippen LogP contribution is -2.34. The molecule has 0 fully saturated rings. The molecule has 0 saturated heterocycles. The molecular weight excluding hydrogens is 320 g/mol. The van der Waals surface area contributed by atoms with Crippen molar-refractivity contribution >= 4 is 31.6 Å². The fraction of sp³-hybridized carbons (Fsp3) is 0.273. The van der Waals surface area contributed by atoms with Crippen LogP contribution >= 0.6 is 15.9 Å². The maximum absolute atomic E-state index is 12.4. The van der Waals surface area contributed by atoms with Crippen LogP contribution in [0.1, 0.15) is 0 Å². The molecule has 0 aliphatic rings. The van der Waals surface area contributed by atoms with E-state index < -0.39 is 10.0 Å². The highest BCUT2D eigenvalue weighted by Gasteiger charge is 2.25. The average Bonchev–Trinajstić information content (AvgIpc) is 2.32. The molecule has 3 N–H and O–H groups in total. The van der Waals surface area contributed by atoms with E-state index in [9.17, 15) is 8.42 Å². The third-order valence-corrected chi connectivity index (χ3v) is 4.69. The number of halogens is 1. The maximum Gasteiger partial charge on any atom is 0.245 e. The van der Waals surface area contributed by atoms with E-state index in [1.165, 1.54) is 18.2 Å². The van der Waals surface area contributed by atoms with Crippen molar-refractivity contribution in [3.8, 4) is 0 Å². The highest BCUT2D eigenvalue weighted by atomic mass is 79.9. The summed E-state index contributed by atoms with van der Waals surface area (Å²) in [5.41, 5.74) is 5.86. The first-order valence-electron chi connectivity index (χ1n) is 5.20. The van der Waals surface area contributed by atoms with E-state index in [0.717, 1.165) is 4.31 Å². The number of nitrogen functional groups attached to an aromatic ring is 1. The Hall–Kier alpha value is -0.890. The number of hydrogen-bond acceptors (Lipinski definition) is 4. The summed E-state index contributed by atoms with van der Waals surface area (Å²) in [5.74, 6) is 0. The molecule has 1 aromatic rings. The zero-order chi connectivity index (χ0) is 13.8. The third kappa shape index (κ3) is 3.32. The molecule has 0 unspecified atom stereocenters. The molecule has 1 rings (SSSR count). The predicted molar refractivity (Wildman–Crippen MR) is 74.6 cm³/mol. The Bertz CT molecular complexity index is 531. The van der Waals surface area contributed by atoms with E-state index in [2.05, 4.69) is 22.5 Å². The molecule has 0 amide bonds. The van der Waals surface area contributed by atoms with Crippen molar-refractivity contribution in [2.75, 3.05) is 25.4 Å². The van der Waals surface area contributed by atoms with Gasteiger partial charge in [-0.1, -0.05) is 22.0 Å². The van der Waals surface area contributed by atoms with Crippen LogP contribution in [0.25, 0.3) is 0 Å². The summed E-state index contributed by atoms with van der Waals surface area (Å²) in [6.07, 6.45) is 1.46. The molecule has 0 atom stereocenters. The minimum Gasteiger partial charge on any atom is -0.398 e. The second kappa shape index (κ2) is 6.33. The van der Waals surface area contributed by atoms with Gasteiger partial charge in [0.25, 0.3) is 0 Å². The quantitative estimate of drug-likeness (QED) is 0.604. The molecule has 100 valence electrons. The van der Waals surface area contributed by atoms with Gasteiger partial charge in [-0.3, -0.25) is 0 Å². The van der Waals surface area contributed by atoms with Crippen molar-refractivity contribution in [1.82, 2.24) is 4.31 Å². The van der Waals surface area contributed by atoms with E-state index in [1.54, 1.807) is 6.07 Å². The molecule has 0 aliphatic heterocycles. The monoisotopic (exact) mass is 334 g/mol. The molecule has 7 heteroatoms. The molecule has 0 heterocycles. The Kier molecular flexibility index (Phi) is 5.33. The zero-order valence-corrected chi connectivity index (χ0v) is 12.1. The molecule has 0 aromatic heterocycles. The first-order chi connectivity index (χ1) is 8.43. The Morgan fingerprint density at radius 1 is 1.50 bits per heavy atom. The molecule has 5 nitrogen and oxygen atoms in total. The summed E-state index contributed by atoms with van der Waals surface area (Å²) in [6, 6.07) is 4.62. The number of aliphatic hydroxyl groups is 1. The summed E-state index contributed by atoms with van der Waals surface area (Å²) in [6.45, 7) is 3.36. The number of aliphatic hydroxyl groups excluding tert-OH is 1. The standard InChI is InChI=1S/C11H15BrN2O3S/c1-2-5-14(6-7-15)18(16,17)11-8-9(12)3-4-10(11)13/h2-4,8,15H,1,5-7,13H2. The van der Waals surface area contributed by atoms with Crippen LogP contribution in [0.4, 0.5) is 5.69 Å². The second-order valence-electron chi connectivity index (χ2n) is 3.56. The number of benzene rings is 1. The number of rotatable bonds is 6. The minimum absolute atomic E-state index is 0.000304. The fourth-order valence-corrected chi connectivity index (χ4v) is 3.49. The topological polar surface area (TPSA) is 83.6 Å². The van der Waals surface area contributed by atoms with Crippen molar-refractivity contribution < 1.29 is 13.5 Å². The van der Waals surface area contributed by atoms with Crippen molar-refractivity contribution in [2.24, 2.45) is 0 Å². The van der Waals surface area contributed by atoms with Crippen molar-refractivity contribution in [3.63, 3.8) is 0 Å². The fourth-order valence-electron chi connectivity index (χ4n) is 1.44. The average molecular weight is 335 g/mol. The molecular formula is C11H15BrN2O3S. The first kappa shape index (κ1) is 15.2. The summed E-state index contributed by atoms with van der Waals surface area (Å²) in [4.78, 5) is 0.0205. The van der Waals surface area contributed by atoms with E-state index in [0.29, 0.717) is 4.47 Å². The van der Waals surface area contributed by atoms with Gasteiger partial charge in [0, 0.05) is 17.6 Å². The number of hydrogen-bond donors (Lipinski definition) is 2. The molecule has 1 aromatic carbocycles. The molecule has 0 radical (unpaired) electrons. The third-order valence-electron chi connectivity index (χ3n) is 2.28. The van der Waals surface area contributed by atoms with Crippen LogP contribution in [-0.4, -0.2) is 37.5 Å². The van der Waals surface area contributed by atoms with Crippen LogP contribution in [0.5, 0.6) is 0 Å². The number of nitrogens with zero attached hydrogens (tertiary/aromatic N) is 1. The first-order valence-corrected chi connectivity index (χ1v) is 7.43. The Labute approximate surface area is 115 Å². The highest BCUT2D eigenvalue weighted by molar-refractivity contribution is 9.10. The van der Waals surface area contributed by atoms with Gasteiger partial charge in [0.05, 0.1) is 12.3 Å². The van der Waals surface area contributed by atoms with E-state index in [4.69, 9.17) is 10.8 Å². The normalized spacial score (nSPS) is 11.7. The van der Waals surface area contributed by atoms with Crippen LogP contribution in [-0.2, 0) is 10.0 Å². The van der Waals surface area contributed by atoms with Gasteiger partial charge in [-0.05, 0) is 18.2 Å². The maximum atomic E-state index is 12.4. The number of anilines is 1. The van der Waals surface area contributed by atoms with Crippen molar-refractivity contribution in [2.45, 2.75) is 4.90 Å². The van der Waals surface area contributed by atoms with Gasteiger partial charge in [-0.2, -0.15) is 4.31 Å². The lowest BCUT2D eigenvalue weighted by Gasteiger charge is -2.20. The minimum atomic E-state index is -3.73. The van der Waals surface area contributed by atoms with Gasteiger partial charge in [0.1, 0.15) is 4.90 Å². The van der Waals surface area contributed by atoms with Crippen molar-refractivity contribution in [3.05, 3.63) is 35.3 Å². The summed E-state index contributed by atoms with van der Waals surface area (Å²) in [7, 11) is -3.73. The van der Waals surface area contributed by atoms with Crippen LogP contribution < -0.4 is 5.73 Å². The van der Waals surface area contributed by atoms with Crippen molar-refractivity contribution in [1.29, 1.82) is 0 Å². The largest absolute Gasteiger partial charge is 0.398 e.